The third-order valence-electron chi connectivity index (χ3n) is 3.40. The van der Waals surface area contributed by atoms with Gasteiger partial charge in [-0.3, -0.25) is 0 Å². The summed E-state index contributed by atoms with van der Waals surface area (Å²) < 4.78 is 0. The fourth-order valence-electron chi connectivity index (χ4n) is 2.33. The summed E-state index contributed by atoms with van der Waals surface area (Å²) in [6, 6.07) is 1.96. The van der Waals surface area contributed by atoms with Gasteiger partial charge < -0.3 is 16.4 Å². The topological polar surface area (TPSA) is 75.9 Å². The lowest BCUT2D eigenvalue weighted by Gasteiger charge is -2.11. The maximum atomic E-state index is 5.45. The van der Waals surface area contributed by atoms with E-state index in [1.54, 1.807) is 6.33 Å². The molecule has 0 radical (unpaired) electrons. The maximum absolute atomic E-state index is 5.45. The van der Waals surface area contributed by atoms with Crippen LogP contribution in [-0.4, -0.2) is 29.6 Å². The van der Waals surface area contributed by atoms with Crippen molar-refractivity contribution in [3.63, 3.8) is 0 Å². The molecule has 1 saturated carbocycles. The minimum atomic E-state index is 0.699. The lowest BCUT2D eigenvalue weighted by atomic mass is 10.1. The number of rotatable bonds is 7. The Kier molecular flexibility index (Phi) is 5.20. The molecule has 0 aliphatic heterocycles. The zero-order valence-electron chi connectivity index (χ0n) is 10.9. The lowest BCUT2D eigenvalue weighted by Crippen LogP contribution is -2.13. The molecule has 1 heterocycles. The predicted octanol–water partition coefficient (Wildman–Crippen LogP) is 1.84. The minimum absolute atomic E-state index is 0.699. The number of aromatic nitrogens is 2. The Labute approximate surface area is 109 Å². The van der Waals surface area contributed by atoms with Crippen LogP contribution in [0.15, 0.2) is 12.4 Å². The van der Waals surface area contributed by atoms with E-state index in [9.17, 15) is 0 Å². The van der Waals surface area contributed by atoms with Crippen molar-refractivity contribution in [3.05, 3.63) is 12.4 Å². The second kappa shape index (κ2) is 7.16. The van der Waals surface area contributed by atoms with Gasteiger partial charge in [0.2, 0.25) is 0 Å². The summed E-state index contributed by atoms with van der Waals surface area (Å²) >= 11 is 0. The van der Waals surface area contributed by atoms with Crippen LogP contribution in [0.25, 0.3) is 0 Å². The van der Waals surface area contributed by atoms with Gasteiger partial charge in [-0.1, -0.05) is 12.8 Å². The molecule has 100 valence electrons. The van der Waals surface area contributed by atoms with Crippen LogP contribution in [0.4, 0.5) is 11.6 Å². The normalized spacial score (nSPS) is 15.8. The molecule has 0 unspecified atom stereocenters. The van der Waals surface area contributed by atoms with E-state index in [0.29, 0.717) is 6.54 Å². The first kappa shape index (κ1) is 13.1. The number of hydrogen-bond acceptors (Lipinski definition) is 5. The molecule has 1 aliphatic rings. The first-order chi connectivity index (χ1) is 8.88. The van der Waals surface area contributed by atoms with Crippen molar-refractivity contribution in [2.45, 2.75) is 32.1 Å². The molecule has 0 amide bonds. The lowest BCUT2D eigenvalue weighted by molar-refractivity contribution is 0.579. The number of nitrogens with two attached hydrogens (primary N) is 1. The van der Waals surface area contributed by atoms with Gasteiger partial charge in [-0.15, -0.1) is 0 Å². The van der Waals surface area contributed by atoms with Crippen LogP contribution in [0.1, 0.15) is 32.1 Å². The number of hydrogen-bond donors (Lipinski definition) is 3. The van der Waals surface area contributed by atoms with Gasteiger partial charge in [0, 0.05) is 19.2 Å². The second-order valence-electron chi connectivity index (χ2n) is 4.89. The Balaban J connectivity index is 1.78. The third-order valence-corrected chi connectivity index (χ3v) is 3.40. The Bertz CT molecular complexity index is 349. The van der Waals surface area contributed by atoms with Gasteiger partial charge in [-0.05, 0) is 31.7 Å². The van der Waals surface area contributed by atoms with Crippen LogP contribution in [0.5, 0.6) is 0 Å². The third kappa shape index (κ3) is 4.14. The molecule has 1 fully saturated rings. The van der Waals surface area contributed by atoms with E-state index in [1.807, 2.05) is 6.07 Å². The van der Waals surface area contributed by atoms with Crippen molar-refractivity contribution < 1.29 is 0 Å². The molecule has 5 nitrogen and oxygen atoms in total. The average Bonchev–Trinajstić information content (AvgIpc) is 2.90. The van der Waals surface area contributed by atoms with E-state index in [0.717, 1.165) is 37.1 Å². The largest absolute Gasteiger partial charge is 0.370 e. The first-order valence-electron chi connectivity index (χ1n) is 6.88. The summed E-state index contributed by atoms with van der Waals surface area (Å²) in [6.45, 7) is 2.58. The van der Waals surface area contributed by atoms with Crippen LogP contribution >= 0.6 is 0 Å². The van der Waals surface area contributed by atoms with Crippen LogP contribution < -0.4 is 16.4 Å². The van der Waals surface area contributed by atoms with Gasteiger partial charge in [-0.25, -0.2) is 9.97 Å². The number of anilines is 2. The SMILES string of the molecule is NCCCNc1cc(NCC2CCCC2)ncn1. The molecule has 4 N–H and O–H groups in total. The van der Waals surface area contributed by atoms with Gasteiger partial charge >= 0.3 is 0 Å². The van der Waals surface area contributed by atoms with Crippen molar-refractivity contribution in [2.24, 2.45) is 11.7 Å². The van der Waals surface area contributed by atoms with Crippen LogP contribution in [0.2, 0.25) is 0 Å². The fraction of sp³-hybridized carbons (Fsp3) is 0.692. The zero-order chi connectivity index (χ0) is 12.6. The van der Waals surface area contributed by atoms with Gasteiger partial charge in [-0.2, -0.15) is 0 Å². The average molecular weight is 249 g/mol. The van der Waals surface area contributed by atoms with Crippen molar-refractivity contribution in [1.82, 2.24) is 9.97 Å². The van der Waals surface area contributed by atoms with Crippen molar-refractivity contribution >= 4 is 11.6 Å². The zero-order valence-corrected chi connectivity index (χ0v) is 10.9. The van der Waals surface area contributed by atoms with Crippen LogP contribution in [-0.2, 0) is 0 Å². The molecule has 0 saturated heterocycles. The van der Waals surface area contributed by atoms with E-state index in [4.69, 9.17) is 5.73 Å². The van der Waals surface area contributed by atoms with E-state index >= 15 is 0 Å². The summed E-state index contributed by atoms with van der Waals surface area (Å²) in [5, 5.41) is 6.64. The number of nitrogens with one attached hydrogen (secondary N) is 2. The molecule has 5 heteroatoms. The summed E-state index contributed by atoms with van der Waals surface area (Å²) in [7, 11) is 0. The Morgan fingerprint density at radius 1 is 1.17 bits per heavy atom. The summed E-state index contributed by atoms with van der Waals surface area (Å²) in [5.74, 6) is 2.59. The van der Waals surface area contributed by atoms with E-state index < -0.39 is 0 Å². The highest BCUT2D eigenvalue weighted by Gasteiger charge is 2.14. The highest BCUT2D eigenvalue weighted by atomic mass is 15.1. The van der Waals surface area contributed by atoms with E-state index in [2.05, 4.69) is 20.6 Å². The highest BCUT2D eigenvalue weighted by Crippen LogP contribution is 2.24. The van der Waals surface area contributed by atoms with Gasteiger partial charge in [0.15, 0.2) is 0 Å². The molecule has 1 aromatic heterocycles. The molecule has 0 atom stereocenters. The first-order valence-corrected chi connectivity index (χ1v) is 6.88. The summed E-state index contributed by atoms with van der Waals surface area (Å²) in [6.07, 6.45) is 8.00. The van der Waals surface area contributed by atoms with Crippen molar-refractivity contribution in [1.29, 1.82) is 0 Å². The molecule has 2 rings (SSSR count). The Morgan fingerprint density at radius 2 is 1.89 bits per heavy atom. The second-order valence-corrected chi connectivity index (χ2v) is 4.89. The molecular weight excluding hydrogens is 226 g/mol. The monoisotopic (exact) mass is 249 g/mol. The highest BCUT2D eigenvalue weighted by molar-refractivity contribution is 5.46. The Morgan fingerprint density at radius 3 is 2.61 bits per heavy atom. The minimum Gasteiger partial charge on any atom is -0.370 e. The molecule has 1 aliphatic carbocycles. The summed E-state index contributed by atoms with van der Waals surface area (Å²) in [5.41, 5.74) is 5.45. The van der Waals surface area contributed by atoms with Crippen molar-refractivity contribution in [3.8, 4) is 0 Å². The molecule has 0 bridgehead atoms. The van der Waals surface area contributed by atoms with Gasteiger partial charge in [0.1, 0.15) is 18.0 Å². The fourth-order valence-corrected chi connectivity index (χ4v) is 2.33. The van der Waals surface area contributed by atoms with E-state index in [1.165, 1.54) is 25.7 Å². The quantitative estimate of drug-likeness (QED) is 0.643. The van der Waals surface area contributed by atoms with E-state index in [-0.39, 0.29) is 0 Å². The molecule has 0 spiro atoms. The van der Waals surface area contributed by atoms with Crippen molar-refractivity contribution in [2.75, 3.05) is 30.3 Å². The predicted molar refractivity (Wildman–Crippen MR) is 74.6 cm³/mol. The molecule has 1 aromatic rings. The smallest absolute Gasteiger partial charge is 0.131 e. The van der Waals surface area contributed by atoms with Gasteiger partial charge in [0.25, 0.3) is 0 Å². The Hall–Kier alpha value is -1.36. The number of nitrogens with zero attached hydrogens (tertiary/aromatic N) is 2. The van der Waals surface area contributed by atoms with Crippen LogP contribution in [0.3, 0.4) is 0 Å². The standard InChI is InChI=1S/C13H23N5/c14-6-3-7-15-12-8-13(18-10-17-12)16-9-11-4-1-2-5-11/h8,10-11H,1-7,9,14H2,(H2,15,16,17,18). The molecule has 0 aromatic carbocycles. The molecular formula is C13H23N5. The molecule has 18 heavy (non-hydrogen) atoms. The van der Waals surface area contributed by atoms with Crippen LogP contribution in [0, 0.1) is 5.92 Å². The summed E-state index contributed by atoms with van der Waals surface area (Å²) in [4.78, 5) is 8.43. The maximum Gasteiger partial charge on any atom is 0.131 e. The van der Waals surface area contributed by atoms with Gasteiger partial charge in [0.05, 0.1) is 0 Å².